The number of benzene rings is 2. The van der Waals surface area contributed by atoms with E-state index in [-0.39, 0.29) is 18.6 Å². The molecule has 0 aliphatic rings. The number of carbonyl (C=O) groups excluding carboxylic acids is 2. The summed E-state index contributed by atoms with van der Waals surface area (Å²) in [7, 11) is -0.289. The van der Waals surface area contributed by atoms with E-state index in [4.69, 9.17) is 13.8 Å². The Morgan fingerprint density at radius 3 is 2.15 bits per heavy atom. The summed E-state index contributed by atoms with van der Waals surface area (Å²) in [6.07, 6.45) is 5.64. The molecule has 6 nitrogen and oxygen atoms in total. The van der Waals surface area contributed by atoms with Crippen molar-refractivity contribution < 1.29 is 27.9 Å². The van der Waals surface area contributed by atoms with Gasteiger partial charge in [-0.05, 0) is 44.4 Å². The predicted molar refractivity (Wildman–Crippen MR) is 130 cm³/mol. The lowest BCUT2D eigenvalue weighted by atomic mass is 10.0. The highest BCUT2D eigenvalue weighted by Crippen LogP contribution is 2.46. The lowest BCUT2D eigenvalue weighted by molar-refractivity contribution is 0.0539. The molecule has 0 radical (unpaired) electrons. The van der Waals surface area contributed by atoms with Crippen LogP contribution in [0.4, 0.5) is 0 Å². The third-order valence-electron chi connectivity index (χ3n) is 5.08. The second-order valence-electron chi connectivity index (χ2n) is 7.65. The van der Waals surface area contributed by atoms with Gasteiger partial charge in [-0.25, -0.2) is 4.79 Å². The molecule has 0 N–H and O–H groups in total. The number of ether oxygens (including phenoxy) is 1. The summed E-state index contributed by atoms with van der Waals surface area (Å²) < 4.78 is 27.3. The monoisotopic (exact) mass is 470 g/mol. The number of esters is 1. The Bertz CT molecular complexity index is 1050. The van der Waals surface area contributed by atoms with Gasteiger partial charge in [-0.2, -0.15) is 0 Å². The van der Waals surface area contributed by atoms with Gasteiger partial charge in [0.15, 0.2) is 5.78 Å². The molecule has 7 heteroatoms. The van der Waals surface area contributed by atoms with Crippen molar-refractivity contribution in [2.75, 3.05) is 27.0 Å². The smallest absolute Gasteiger partial charge is 0.338 e. The summed E-state index contributed by atoms with van der Waals surface area (Å²) in [5.41, 5.74) is 3.34. The van der Waals surface area contributed by atoms with Crippen LogP contribution in [0.1, 0.15) is 53.0 Å². The van der Waals surface area contributed by atoms with Crippen LogP contribution in [0.25, 0.3) is 0 Å². The van der Waals surface area contributed by atoms with Gasteiger partial charge in [0, 0.05) is 25.3 Å². The molecule has 176 valence electrons. The van der Waals surface area contributed by atoms with Crippen molar-refractivity contribution in [2.24, 2.45) is 0 Å². The maximum Gasteiger partial charge on any atom is 0.338 e. The van der Waals surface area contributed by atoms with Gasteiger partial charge in [0.1, 0.15) is 6.61 Å². The third kappa shape index (κ3) is 8.58. The molecule has 0 atom stereocenters. The van der Waals surface area contributed by atoms with Crippen LogP contribution >= 0.6 is 7.60 Å². The van der Waals surface area contributed by atoms with Crippen LogP contribution in [-0.2, 0) is 18.3 Å². The molecule has 2 aromatic rings. The zero-order chi connectivity index (χ0) is 24.3. The Balaban J connectivity index is 1.87. The van der Waals surface area contributed by atoms with E-state index >= 15 is 0 Å². The van der Waals surface area contributed by atoms with Crippen molar-refractivity contribution in [3.05, 3.63) is 94.6 Å². The van der Waals surface area contributed by atoms with Crippen molar-refractivity contribution in [2.45, 2.75) is 26.7 Å². The first-order valence-corrected chi connectivity index (χ1v) is 12.4. The molecule has 0 aliphatic carbocycles. The number of hydrogen-bond donors (Lipinski definition) is 0. The van der Waals surface area contributed by atoms with E-state index < -0.39 is 13.6 Å². The van der Waals surface area contributed by atoms with Crippen LogP contribution in [-0.4, -0.2) is 38.7 Å². The molecular formula is C26H31O6P. The van der Waals surface area contributed by atoms with E-state index in [9.17, 15) is 14.2 Å². The first kappa shape index (κ1) is 26.5. The lowest BCUT2D eigenvalue weighted by Gasteiger charge is -2.11. The summed E-state index contributed by atoms with van der Waals surface area (Å²) in [4.78, 5) is 25.1. The highest BCUT2D eigenvalue weighted by Gasteiger charge is 2.18. The molecule has 0 unspecified atom stereocenters. The molecule has 0 spiro atoms. The summed E-state index contributed by atoms with van der Waals surface area (Å²) >= 11 is 0. The molecular weight excluding hydrogens is 439 g/mol. The van der Waals surface area contributed by atoms with Crippen LogP contribution in [0.2, 0.25) is 0 Å². The largest absolute Gasteiger partial charge is 0.458 e. The Hall–Kier alpha value is -2.79. The fourth-order valence-corrected chi connectivity index (χ4v) is 3.99. The molecule has 0 saturated heterocycles. The molecule has 0 aliphatic heterocycles. The Kier molecular flexibility index (Phi) is 10.5. The molecule has 2 rings (SSSR count). The summed E-state index contributed by atoms with van der Waals surface area (Å²) in [6.45, 7) is 4.02. The van der Waals surface area contributed by atoms with Crippen LogP contribution in [0, 0.1) is 0 Å². The minimum Gasteiger partial charge on any atom is -0.458 e. The summed E-state index contributed by atoms with van der Waals surface area (Å²) in [5.74, 6) is -0.617. The van der Waals surface area contributed by atoms with Gasteiger partial charge >= 0.3 is 13.6 Å². The van der Waals surface area contributed by atoms with Crippen molar-refractivity contribution in [1.29, 1.82) is 0 Å². The minimum atomic E-state index is -3.04. The summed E-state index contributed by atoms with van der Waals surface area (Å²) in [5, 5.41) is 0. The van der Waals surface area contributed by atoms with Crippen molar-refractivity contribution in [1.82, 2.24) is 0 Å². The average Bonchev–Trinajstić information content (AvgIpc) is 2.86. The zero-order valence-electron chi connectivity index (χ0n) is 19.6. The van der Waals surface area contributed by atoms with E-state index in [1.54, 1.807) is 48.5 Å². The van der Waals surface area contributed by atoms with E-state index in [2.05, 4.69) is 0 Å². The standard InChI is InChI=1S/C26H31O6P/c1-20(16-17-33(29,30-3)31-4)10-8-11-21(2)19-32-26(28)24-15-9-14-23(18-24)25(27)22-12-6-5-7-13-22/h5-7,9,11-16,18H,8,10,17,19H2,1-4H3/b20-16+,21-11+. The summed E-state index contributed by atoms with van der Waals surface area (Å²) in [6, 6.07) is 15.5. The molecule has 0 heterocycles. The van der Waals surface area contributed by atoms with Crippen molar-refractivity contribution in [3.63, 3.8) is 0 Å². The van der Waals surface area contributed by atoms with E-state index in [0.717, 1.165) is 24.0 Å². The molecule has 0 aromatic heterocycles. The van der Waals surface area contributed by atoms with Crippen molar-refractivity contribution >= 4 is 19.3 Å². The highest BCUT2D eigenvalue weighted by molar-refractivity contribution is 7.54. The van der Waals surface area contributed by atoms with Gasteiger partial charge in [0.05, 0.1) is 11.7 Å². The van der Waals surface area contributed by atoms with Gasteiger partial charge in [-0.3, -0.25) is 9.36 Å². The Morgan fingerprint density at radius 2 is 1.48 bits per heavy atom. The number of ketones is 1. The van der Waals surface area contributed by atoms with Gasteiger partial charge in [0.25, 0.3) is 0 Å². The predicted octanol–water partition coefficient (Wildman–Crippen LogP) is 6.23. The molecule has 0 amide bonds. The number of carbonyl (C=O) groups is 2. The van der Waals surface area contributed by atoms with E-state index in [1.807, 2.05) is 32.1 Å². The van der Waals surface area contributed by atoms with Gasteiger partial charge in [-0.1, -0.05) is 60.2 Å². The Labute approximate surface area is 195 Å². The number of rotatable bonds is 12. The zero-order valence-corrected chi connectivity index (χ0v) is 20.5. The van der Waals surface area contributed by atoms with Gasteiger partial charge < -0.3 is 13.8 Å². The fraction of sp³-hybridized carbons (Fsp3) is 0.308. The quantitative estimate of drug-likeness (QED) is 0.158. The van der Waals surface area contributed by atoms with Crippen LogP contribution in [0.15, 0.2) is 77.9 Å². The molecule has 0 fully saturated rings. The molecule has 0 bridgehead atoms. The third-order valence-corrected chi connectivity index (χ3v) is 6.82. The van der Waals surface area contributed by atoms with E-state index in [1.165, 1.54) is 14.2 Å². The van der Waals surface area contributed by atoms with Crippen LogP contribution in [0.3, 0.4) is 0 Å². The fourth-order valence-electron chi connectivity index (χ4n) is 3.00. The average molecular weight is 471 g/mol. The normalized spacial score (nSPS) is 12.5. The second kappa shape index (κ2) is 13.0. The first-order valence-electron chi connectivity index (χ1n) is 10.7. The molecule has 2 aromatic carbocycles. The topological polar surface area (TPSA) is 78.9 Å². The second-order valence-corrected chi connectivity index (χ2v) is 9.97. The van der Waals surface area contributed by atoms with Crippen molar-refractivity contribution in [3.8, 4) is 0 Å². The van der Waals surface area contributed by atoms with Crippen LogP contribution in [0.5, 0.6) is 0 Å². The molecule has 0 saturated carbocycles. The number of hydrogen-bond acceptors (Lipinski definition) is 6. The minimum absolute atomic E-state index is 0.142. The highest BCUT2D eigenvalue weighted by atomic mass is 31.2. The number of allylic oxidation sites excluding steroid dienone is 3. The lowest BCUT2D eigenvalue weighted by Crippen LogP contribution is -2.09. The van der Waals surface area contributed by atoms with Gasteiger partial charge in [0.2, 0.25) is 0 Å². The molecule has 33 heavy (non-hydrogen) atoms. The maximum atomic E-state index is 12.6. The SMILES string of the molecule is COP(=O)(C/C=C(\C)CC/C=C(\C)COC(=O)c1cccc(C(=O)c2ccccc2)c1)OC. The van der Waals surface area contributed by atoms with E-state index in [0.29, 0.717) is 16.7 Å². The Morgan fingerprint density at radius 1 is 0.848 bits per heavy atom. The maximum absolute atomic E-state index is 12.6. The first-order chi connectivity index (χ1) is 15.8. The van der Waals surface area contributed by atoms with Gasteiger partial charge in [-0.15, -0.1) is 0 Å². The van der Waals surface area contributed by atoms with Crippen LogP contribution < -0.4 is 0 Å².